The van der Waals surface area contributed by atoms with Crippen LogP contribution in [0.15, 0.2) is 29.3 Å². The van der Waals surface area contributed by atoms with Gasteiger partial charge in [-0.2, -0.15) is 0 Å². The van der Waals surface area contributed by atoms with E-state index in [1.165, 1.54) is 12.0 Å². The van der Waals surface area contributed by atoms with E-state index in [-0.39, 0.29) is 0 Å². The van der Waals surface area contributed by atoms with Gasteiger partial charge in [0.25, 0.3) is 0 Å². The Morgan fingerprint density at radius 1 is 1.16 bits per heavy atom. The van der Waals surface area contributed by atoms with Crippen molar-refractivity contribution in [2.75, 3.05) is 26.7 Å². The molecule has 1 aromatic rings. The Balaban J connectivity index is 2.16. The van der Waals surface area contributed by atoms with Crippen molar-refractivity contribution in [2.24, 2.45) is 4.99 Å². The smallest absolute Gasteiger partial charge is 0.191 e. The zero-order valence-electron chi connectivity index (χ0n) is 12.2. The number of benzene rings is 1. The maximum absolute atomic E-state index is 5.64. The van der Waals surface area contributed by atoms with Gasteiger partial charge in [0.15, 0.2) is 5.96 Å². The summed E-state index contributed by atoms with van der Waals surface area (Å²) in [6, 6.07) is 8.08. The summed E-state index contributed by atoms with van der Waals surface area (Å²) in [6.07, 6.45) is 2.33. The largest absolute Gasteiger partial charge is 0.492 e. The summed E-state index contributed by atoms with van der Waals surface area (Å²) in [5.74, 6) is 1.74. The number of unbranched alkanes of at least 4 members (excludes halogenated alkanes) is 1. The molecule has 0 bridgehead atoms. The Morgan fingerprint density at radius 3 is 2.47 bits per heavy atom. The molecule has 0 saturated carbocycles. The molecule has 0 aliphatic heterocycles. The van der Waals surface area contributed by atoms with E-state index >= 15 is 0 Å². The van der Waals surface area contributed by atoms with Crippen molar-refractivity contribution in [1.29, 1.82) is 0 Å². The normalized spacial score (nSPS) is 11.2. The lowest BCUT2D eigenvalue weighted by atomic mass is 10.2. The summed E-state index contributed by atoms with van der Waals surface area (Å²) in [5.41, 5.74) is 1.24. The first-order valence-electron chi connectivity index (χ1n) is 6.90. The second-order valence-corrected chi connectivity index (χ2v) is 4.44. The molecule has 0 radical (unpaired) electrons. The van der Waals surface area contributed by atoms with Gasteiger partial charge in [-0.25, -0.2) is 0 Å². The molecule has 19 heavy (non-hydrogen) atoms. The molecule has 0 aliphatic rings. The zero-order chi connectivity index (χ0) is 13.9. The van der Waals surface area contributed by atoms with Gasteiger partial charge < -0.3 is 15.4 Å². The van der Waals surface area contributed by atoms with Gasteiger partial charge in [-0.3, -0.25) is 4.99 Å². The number of hydrogen-bond donors (Lipinski definition) is 2. The number of guanidine groups is 1. The lowest BCUT2D eigenvalue weighted by molar-refractivity contribution is 0.322. The van der Waals surface area contributed by atoms with Crippen LogP contribution in [0.2, 0.25) is 0 Å². The maximum atomic E-state index is 5.64. The van der Waals surface area contributed by atoms with E-state index in [0.29, 0.717) is 6.61 Å². The fourth-order valence-corrected chi connectivity index (χ4v) is 1.58. The van der Waals surface area contributed by atoms with Crippen LogP contribution in [0.25, 0.3) is 0 Å². The number of nitrogens with zero attached hydrogens (tertiary/aromatic N) is 1. The van der Waals surface area contributed by atoms with Crippen LogP contribution in [0.5, 0.6) is 5.75 Å². The highest BCUT2D eigenvalue weighted by Crippen LogP contribution is 2.10. The molecular weight excluding hydrogens is 238 g/mol. The summed E-state index contributed by atoms with van der Waals surface area (Å²) >= 11 is 0. The minimum absolute atomic E-state index is 0.623. The van der Waals surface area contributed by atoms with Gasteiger partial charge in [-0.05, 0) is 25.5 Å². The first-order chi connectivity index (χ1) is 9.26. The highest BCUT2D eigenvalue weighted by Gasteiger charge is 1.97. The third-order valence-corrected chi connectivity index (χ3v) is 2.73. The molecule has 0 atom stereocenters. The lowest BCUT2D eigenvalue weighted by Crippen LogP contribution is -2.39. The highest BCUT2D eigenvalue weighted by molar-refractivity contribution is 5.79. The summed E-state index contributed by atoms with van der Waals surface area (Å²) in [7, 11) is 1.78. The van der Waals surface area contributed by atoms with Crippen LogP contribution in [0, 0.1) is 6.92 Å². The molecule has 0 fully saturated rings. The second-order valence-electron chi connectivity index (χ2n) is 4.44. The topological polar surface area (TPSA) is 45.7 Å². The number of ether oxygens (including phenoxy) is 1. The van der Waals surface area contributed by atoms with Crippen LogP contribution in [0.1, 0.15) is 25.3 Å². The molecule has 4 heteroatoms. The van der Waals surface area contributed by atoms with Crippen LogP contribution in [-0.2, 0) is 0 Å². The number of nitrogens with one attached hydrogen (secondary N) is 2. The zero-order valence-corrected chi connectivity index (χ0v) is 12.2. The average molecular weight is 263 g/mol. The Bertz CT molecular complexity index is 373. The number of rotatable bonds is 7. The molecule has 0 saturated heterocycles. The van der Waals surface area contributed by atoms with E-state index in [1.807, 2.05) is 24.3 Å². The molecule has 0 spiro atoms. The van der Waals surface area contributed by atoms with Crippen molar-refractivity contribution < 1.29 is 4.74 Å². The Hall–Kier alpha value is -1.71. The predicted octanol–water partition coefficient (Wildman–Crippen LogP) is 2.34. The minimum atomic E-state index is 0.623. The van der Waals surface area contributed by atoms with Crippen molar-refractivity contribution in [2.45, 2.75) is 26.7 Å². The van der Waals surface area contributed by atoms with Crippen molar-refractivity contribution in [3.8, 4) is 5.75 Å². The van der Waals surface area contributed by atoms with E-state index in [0.717, 1.165) is 31.2 Å². The van der Waals surface area contributed by atoms with E-state index in [2.05, 4.69) is 29.5 Å². The van der Waals surface area contributed by atoms with Gasteiger partial charge in [0.2, 0.25) is 0 Å². The molecule has 1 aromatic carbocycles. The van der Waals surface area contributed by atoms with Crippen LogP contribution < -0.4 is 15.4 Å². The first-order valence-corrected chi connectivity index (χ1v) is 6.90. The predicted molar refractivity (Wildman–Crippen MR) is 80.9 cm³/mol. The average Bonchev–Trinajstić information content (AvgIpc) is 2.43. The highest BCUT2D eigenvalue weighted by atomic mass is 16.5. The van der Waals surface area contributed by atoms with Gasteiger partial charge in [0.05, 0.1) is 6.54 Å². The monoisotopic (exact) mass is 263 g/mol. The van der Waals surface area contributed by atoms with Gasteiger partial charge in [-0.1, -0.05) is 31.0 Å². The molecule has 0 aromatic heterocycles. The fourth-order valence-electron chi connectivity index (χ4n) is 1.58. The van der Waals surface area contributed by atoms with Crippen molar-refractivity contribution >= 4 is 5.96 Å². The molecular formula is C15H25N3O. The third-order valence-electron chi connectivity index (χ3n) is 2.73. The van der Waals surface area contributed by atoms with Crippen LogP contribution in [0.3, 0.4) is 0 Å². The Kier molecular flexibility index (Phi) is 7.47. The Labute approximate surface area is 116 Å². The maximum Gasteiger partial charge on any atom is 0.191 e. The van der Waals surface area contributed by atoms with Gasteiger partial charge in [-0.15, -0.1) is 0 Å². The molecule has 0 heterocycles. The van der Waals surface area contributed by atoms with Crippen molar-refractivity contribution in [3.05, 3.63) is 29.8 Å². The van der Waals surface area contributed by atoms with E-state index in [9.17, 15) is 0 Å². The van der Waals surface area contributed by atoms with Crippen molar-refractivity contribution in [1.82, 2.24) is 10.6 Å². The van der Waals surface area contributed by atoms with Crippen LogP contribution in [-0.4, -0.2) is 32.7 Å². The van der Waals surface area contributed by atoms with Crippen LogP contribution in [0.4, 0.5) is 0 Å². The number of aryl methyl sites for hydroxylation is 1. The minimum Gasteiger partial charge on any atom is -0.492 e. The van der Waals surface area contributed by atoms with Crippen molar-refractivity contribution in [3.63, 3.8) is 0 Å². The molecule has 0 aliphatic carbocycles. The third kappa shape index (κ3) is 6.70. The SMILES string of the molecule is CCCCNC(=NC)NCCOc1ccc(C)cc1. The number of hydrogen-bond acceptors (Lipinski definition) is 2. The lowest BCUT2D eigenvalue weighted by Gasteiger charge is -2.12. The van der Waals surface area contributed by atoms with E-state index in [1.54, 1.807) is 7.05 Å². The standard InChI is InChI=1S/C15H25N3O/c1-4-5-10-17-15(16-3)18-11-12-19-14-8-6-13(2)7-9-14/h6-9H,4-5,10-12H2,1-3H3,(H2,16,17,18). The summed E-state index contributed by atoms with van der Waals surface area (Å²) in [5, 5.41) is 6.48. The summed E-state index contributed by atoms with van der Waals surface area (Å²) in [4.78, 5) is 4.15. The molecule has 0 unspecified atom stereocenters. The van der Waals surface area contributed by atoms with E-state index < -0.39 is 0 Å². The fraction of sp³-hybridized carbons (Fsp3) is 0.533. The summed E-state index contributed by atoms with van der Waals surface area (Å²) in [6.45, 7) is 6.55. The van der Waals surface area contributed by atoms with Gasteiger partial charge >= 0.3 is 0 Å². The quantitative estimate of drug-likeness (QED) is 0.451. The van der Waals surface area contributed by atoms with E-state index in [4.69, 9.17) is 4.74 Å². The summed E-state index contributed by atoms with van der Waals surface area (Å²) < 4.78 is 5.64. The first kappa shape index (κ1) is 15.3. The van der Waals surface area contributed by atoms with Gasteiger partial charge in [0.1, 0.15) is 12.4 Å². The molecule has 1 rings (SSSR count). The Morgan fingerprint density at radius 2 is 1.84 bits per heavy atom. The molecule has 2 N–H and O–H groups in total. The number of aliphatic imine (C=N–C) groups is 1. The second kappa shape index (κ2) is 9.25. The molecule has 0 amide bonds. The van der Waals surface area contributed by atoms with Crippen LogP contribution >= 0.6 is 0 Å². The van der Waals surface area contributed by atoms with Gasteiger partial charge in [0, 0.05) is 13.6 Å². The molecule has 106 valence electrons. The molecule has 4 nitrogen and oxygen atoms in total.